The summed E-state index contributed by atoms with van der Waals surface area (Å²) in [5.41, 5.74) is 2.97. The van der Waals surface area contributed by atoms with Crippen molar-refractivity contribution in [3.63, 3.8) is 0 Å². The predicted octanol–water partition coefficient (Wildman–Crippen LogP) is 2.98. The van der Waals surface area contributed by atoms with Gasteiger partial charge in [0, 0.05) is 32.2 Å². The molecule has 5 heteroatoms. The van der Waals surface area contributed by atoms with Crippen LogP contribution in [0.3, 0.4) is 0 Å². The molecule has 0 spiro atoms. The molecule has 2 aromatic carbocycles. The van der Waals surface area contributed by atoms with Gasteiger partial charge in [-0.1, -0.05) is 36.4 Å². The molecule has 0 radical (unpaired) electrons. The van der Waals surface area contributed by atoms with E-state index < -0.39 is 0 Å². The van der Waals surface area contributed by atoms with E-state index in [2.05, 4.69) is 9.80 Å². The van der Waals surface area contributed by atoms with Gasteiger partial charge < -0.3 is 10.0 Å². The van der Waals surface area contributed by atoms with Crippen molar-refractivity contribution >= 4 is 5.91 Å². The molecule has 3 aliphatic heterocycles. The average Bonchev–Trinajstić information content (AvgIpc) is 3.01. The summed E-state index contributed by atoms with van der Waals surface area (Å²) in [4.78, 5) is 17.5. The number of carbonyl (C=O) groups is 1. The van der Waals surface area contributed by atoms with Crippen molar-refractivity contribution in [1.29, 1.82) is 0 Å². The molecular weight excluding hydrogens is 355 g/mol. The molecule has 3 fully saturated rings. The highest BCUT2D eigenvalue weighted by atomic mass is 19.1. The number of rotatable bonds is 5. The van der Waals surface area contributed by atoms with Crippen LogP contribution in [0.2, 0.25) is 0 Å². The fourth-order valence-corrected chi connectivity index (χ4v) is 4.50. The topological polar surface area (TPSA) is 43.8 Å². The molecule has 1 N–H and O–H groups in total. The van der Waals surface area contributed by atoms with Crippen LogP contribution in [0.25, 0.3) is 0 Å². The third kappa shape index (κ3) is 4.42. The number of nitrogens with zero attached hydrogens (tertiary/aromatic N) is 2. The second-order valence-electron chi connectivity index (χ2n) is 8.12. The molecule has 2 atom stereocenters. The minimum absolute atomic E-state index is 0.0218. The molecule has 148 valence electrons. The van der Waals surface area contributed by atoms with Crippen molar-refractivity contribution in [2.24, 2.45) is 5.92 Å². The molecule has 28 heavy (non-hydrogen) atoms. The molecule has 5 rings (SSSR count). The lowest BCUT2D eigenvalue weighted by Crippen LogP contribution is -2.48. The molecule has 2 aromatic rings. The van der Waals surface area contributed by atoms with Gasteiger partial charge in [0.2, 0.25) is 5.91 Å². The third-order valence-electron chi connectivity index (χ3n) is 5.99. The van der Waals surface area contributed by atoms with Gasteiger partial charge in [-0.2, -0.15) is 0 Å². The molecule has 3 aliphatic rings. The highest BCUT2D eigenvalue weighted by Gasteiger charge is 2.36. The van der Waals surface area contributed by atoms with Crippen molar-refractivity contribution in [2.75, 3.05) is 19.6 Å². The van der Waals surface area contributed by atoms with Gasteiger partial charge in [-0.25, -0.2) is 4.39 Å². The van der Waals surface area contributed by atoms with Crippen LogP contribution < -0.4 is 0 Å². The van der Waals surface area contributed by atoms with Crippen LogP contribution in [-0.4, -0.2) is 46.5 Å². The van der Waals surface area contributed by atoms with Crippen molar-refractivity contribution < 1.29 is 14.3 Å². The van der Waals surface area contributed by atoms with Gasteiger partial charge in [0.1, 0.15) is 5.82 Å². The third-order valence-corrected chi connectivity index (χ3v) is 5.99. The Morgan fingerprint density at radius 2 is 1.61 bits per heavy atom. The van der Waals surface area contributed by atoms with Crippen molar-refractivity contribution in [1.82, 2.24) is 9.80 Å². The summed E-state index contributed by atoms with van der Waals surface area (Å²) in [6, 6.07) is 14.6. The Bertz CT molecular complexity index is 806. The quantitative estimate of drug-likeness (QED) is 0.865. The number of halogens is 1. The molecule has 4 nitrogen and oxygen atoms in total. The highest BCUT2D eigenvalue weighted by molar-refractivity contribution is 5.79. The van der Waals surface area contributed by atoms with Gasteiger partial charge in [0.15, 0.2) is 0 Å². The molecule has 2 unspecified atom stereocenters. The first kappa shape index (κ1) is 19.1. The Balaban J connectivity index is 1.40. The zero-order valence-electron chi connectivity index (χ0n) is 16.1. The maximum atomic E-state index is 13.2. The summed E-state index contributed by atoms with van der Waals surface area (Å²) < 4.78 is 13.2. The van der Waals surface area contributed by atoms with Crippen LogP contribution in [-0.2, 0) is 24.4 Å². The van der Waals surface area contributed by atoms with Crippen LogP contribution in [0.1, 0.15) is 29.5 Å². The standard InChI is InChI=1S/C23H27FN2O2/c24-21-8-5-18(6-9-21)12-25-13-20-7-10-22(15-25)26(14-20)23(28)11-17-1-3-19(16-27)4-2-17/h1-6,8-9,20,22,27H,7,10-16H2. The SMILES string of the molecule is O=C(Cc1ccc(CO)cc1)N1CC2CCC1CN(Cc1ccc(F)cc1)C2. The van der Waals surface area contributed by atoms with Crippen LogP contribution >= 0.6 is 0 Å². The number of aliphatic hydroxyl groups excluding tert-OH is 1. The molecule has 2 bridgehead atoms. The van der Waals surface area contributed by atoms with Gasteiger partial charge in [-0.15, -0.1) is 0 Å². The Hall–Kier alpha value is -2.24. The summed E-state index contributed by atoms with van der Waals surface area (Å²) in [6.07, 6.45) is 2.63. The summed E-state index contributed by atoms with van der Waals surface area (Å²) in [5.74, 6) is 0.485. The van der Waals surface area contributed by atoms with Crippen LogP contribution in [0.15, 0.2) is 48.5 Å². The van der Waals surface area contributed by atoms with E-state index in [1.54, 1.807) is 0 Å². The normalized spacial score (nSPS) is 22.3. The number of hydrogen-bond donors (Lipinski definition) is 1. The van der Waals surface area contributed by atoms with E-state index in [1.807, 2.05) is 36.4 Å². The maximum absolute atomic E-state index is 13.2. The first-order valence-corrected chi connectivity index (χ1v) is 10.1. The number of aliphatic hydroxyl groups is 1. The van der Waals surface area contributed by atoms with E-state index in [4.69, 9.17) is 5.11 Å². The van der Waals surface area contributed by atoms with Crippen LogP contribution in [0, 0.1) is 11.7 Å². The van der Waals surface area contributed by atoms with E-state index in [1.165, 1.54) is 18.6 Å². The van der Waals surface area contributed by atoms with Crippen molar-refractivity contribution in [3.05, 3.63) is 71.0 Å². The van der Waals surface area contributed by atoms with Crippen molar-refractivity contribution in [3.8, 4) is 0 Å². The fraction of sp³-hybridized carbons (Fsp3) is 0.435. The predicted molar refractivity (Wildman–Crippen MR) is 106 cm³/mol. The van der Waals surface area contributed by atoms with Crippen molar-refractivity contribution in [2.45, 2.75) is 38.5 Å². The number of benzene rings is 2. The second-order valence-corrected chi connectivity index (χ2v) is 8.12. The number of carbonyl (C=O) groups excluding carboxylic acids is 1. The Kier molecular flexibility index (Phi) is 5.74. The van der Waals surface area contributed by atoms with E-state index in [9.17, 15) is 9.18 Å². The smallest absolute Gasteiger partial charge is 0.227 e. The van der Waals surface area contributed by atoms with Gasteiger partial charge in [-0.3, -0.25) is 9.69 Å². The lowest BCUT2D eigenvalue weighted by molar-refractivity contribution is -0.134. The van der Waals surface area contributed by atoms with Gasteiger partial charge >= 0.3 is 0 Å². The monoisotopic (exact) mass is 382 g/mol. The summed E-state index contributed by atoms with van der Waals surface area (Å²) in [7, 11) is 0. The number of hydrogen-bond acceptors (Lipinski definition) is 3. The fourth-order valence-electron chi connectivity index (χ4n) is 4.50. The Morgan fingerprint density at radius 3 is 2.32 bits per heavy atom. The summed E-state index contributed by atoms with van der Waals surface area (Å²) >= 11 is 0. The summed E-state index contributed by atoms with van der Waals surface area (Å²) in [5, 5.41) is 9.16. The molecule has 1 amide bonds. The molecular formula is C23H27FN2O2. The van der Waals surface area contributed by atoms with E-state index in [0.29, 0.717) is 12.3 Å². The molecule has 0 aromatic heterocycles. The minimum Gasteiger partial charge on any atom is -0.392 e. The zero-order valence-corrected chi connectivity index (χ0v) is 16.1. The second kappa shape index (κ2) is 8.41. The average molecular weight is 382 g/mol. The maximum Gasteiger partial charge on any atom is 0.227 e. The molecule has 0 aliphatic carbocycles. The van der Waals surface area contributed by atoms with E-state index in [-0.39, 0.29) is 24.4 Å². The lowest BCUT2D eigenvalue weighted by Gasteiger charge is -2.36. The van der Waals surface area contributed by atoms with Gasteiger partial charge in [0.25, 0.3) is 0 Å². The number of amides is 1. The number of piperidine rings is 1. The van der Waals surface area contributed by atoms with Gasteiger partial charge in [-0.05, 0) is 47.6 Å². The highest BCUT2D eigenvalue weighted by Crippen LogP contribution is 2.29. The lowest BCUT2D eigenvalue weighted by atomic mass is 9.94. The molecule has 0 saturated carbocycles. The molecule has 3 heterocycles. The Labute approximate surface area is 165 Å². The summed E-state index contributed by atoms with van der Waals surface area (Å²) in [6.45, 7) is 3.52. The minimum atomic E-state index is -0.205. The first-order valence-electron chi connectivity index (χ1n) is 10.1. The first-order chi connectivity index (χ1) is 13.6. The molecule has 3 saturated heterocycles. The Morgan fingerprint density at radius 1 is 0.929 bits per heavy atom. The largest absolute Gasteiger partial charge is 0.392 e. The van der Waals surface area contributed by atoms with Crippen LogP contribution in [0.5, 0.6) is 0 Å². The van der Waals surface area contributed by atoms with E-state index >= 15 is 0 Å². The van der Waals surface area contributed by atoms with Crippen LogP contribution in [0.4, 0.5) is 4.39 Å². The van der Waals surface area contributed by atoms with Gasteiger partial charge in [0.05, 0.1) is 13.0 Å². The zero-order chi connectivity index (χ0) is 19.5. The van der Waals surface area contributed by atoms with E-state index in [0.717, 1.165) is 49.3 Å². The number of fused-ring (bicyclic) bond motifs is 4.